The first-order chi connectivity index (χ1) is 13.3. The highest BCUT2D eigenvalue weighted by Crippen LogP contribution is 2.26. The third kappa shape index (κ3) is 7.53. The number of hydrogen-bond acceptors (Lipinski definition) is 5. The number of para-hydroxylation sites is 1. The summed E-state index contributed by atoms with van der Waals surface area (Å²) in [5.41, 5.74) is 6.63. The average Bonchev–Trinajstić information content (AvgIpc) is 2.62. The molecule has 0 saturated carbocycles. The van der Waals surface area contributed by atoms with E-state index in [1.54, 1.807) is 42.3 Å². The van der Waals surface area contributed by atoms with Gasteiger partial charge in [0.1, 0.15) is 5.75 Å². The lowest BCUT2D eigenvalue weighted by Gasteiger charge is -2.17. The van der Waals surface area contributed by atoms with Crippen LogP contribution in [0.25, 0.3) is 0 Å². The highest BCUT2D eigenvalue weighted by atomic mass is 32.2. The summed E-state index contributed by atoms with van der Waals surface area (Å²) in [7, 11) is 1.77. The Bertz CT molecular complexity index is 803. The minimum Gasteiger partial charge on any atom is -0.435 e. The molecule has 3 N–H and O–H groups in total. The summed E-state index contributed by atoms with van der Waals surface area (Å²) in [6.45, 7) is -2.27. The Morgan fingerprint density at radius 2 is 1.86 bits per heavy atom. The molecule has 0 bridgehead atoms. The minimum atomic E-state index is -2.86. The molecule has 0 saturated heterocycles. The molecule has 0 aliphatic carbocycles. The van der Waals surface area contributed by atoms with Gasteiger partial charge in [-0.05, 0) is 36.9 Å². The fourth-order valence-corrected chi connectivity index (χ4v) is 3.17. The van der Waals surface area contributed by atoms with Crippen molar-refractivity contribution in [1.82, 2.24) is 4.90 Å². The second-order valence-corrected chi connectivity index (χ2v) is 7.01. The molecule has 0 heterocycles. The van der Waals surface area contributed by atoms with E-state index >= 15 is 0 Å². The van der Waals surface area contributed by atoms with E-state index in [1.807, 2.05) is 6.07 Å². The zero-order valence-corrected chi connectivity index (χ0v) is 16.0. The summed E-state index contributed by atoms with van der Waals surface area (Å²) in [4.78, 5) is 25.8. The summed E-state index contributed by atoms with van der Waals surface area (Å²) >= 11 is 1.26. The van der Waals surface area contributed by atoms with Crippen LogP contribution in [0, 0.1) is 0 Å². The molecule has 0 unspecified atom stereocenters. The Morgan fingerprint density at radius 3 is 2.50 bits per heavy atom. The zero-order valence-electron chi connectivity index (χ0n) is 15.2. The lowest BCUT2D eigenvalue weighted by Crippen LogP contribution is -2.30. The van der Waals surface area contributed by atoms with Gasteiger partial charge in [0.05, 0.1) is 18.0 Å². The number of nitrogens with two attached hydrogens (primary N) is 1. The third-order valence-electron chi connectivity index (χ3n) is 3.55. The monoisotopic (exact) mass is 409 g/mol. The van der Waals surface area contributed by atoms with Gasteiger partial charge in [-0.2, -0.15) is 8.78 Å². The van der Waals surface area contributed by atoms with Gasteiger partial charge in [0.2, 0.25) is 11.8 Å². The van der Waals surface area contributed by atoms with Gasteiger partial charge in [-0.1, -0.05) is 24.3 Å². The van der Waals surface area contributed by atoms with E-state index in [4.69, 9.17) is 5.73 Å². The van der Waals surface area contributed by atoms with E-state index in [-0.39, 0.29) is 24.0 Å². The number of carbonyl (C=O) groups excluding carboxylic acids is 2. The Kier molecular flexibility index (Phi) is 8.21. The maximum absolute atomic E-state index is 12.3. The lowest BCUT2D eigenvalue weighted by atomic mass is 10.2. The van der Waals surface area contributed by atoms with Crippen molar-refractivity contribution >= 4 is 29.3 Å². The molecule has 6 nitrogen and oxygen atoms in total. The van der Waals surface area contributed by atoms with Crippen LogP contribution < -0.4 is 15.8 Å². The largest absolute Gasteiger partial charge is 0.435 e. The van der Waals surface area contributed by atoms with Gasteiger partial charge in [0.25, 0.3) is 0 Å². The first kappa shape index (κ1) is 21.6. The molecule has 2 rings (SSSR count). The molecular weight excluding hydrogens is 388 g/mol. The van der Waals surface area contributed by atoms with Gasteiger partial charge in [-0.25, -0.2) is 0 Å². The summed E-state index contributed by atoms with van der Waals surface area (Å²) in [5.74, 6) is -0.440. The van der Waals surface area contributed by atoms with Crippen molar-refractivity contribution in [3.8, 4) is 5.75 Å². The SMILES string of the molecule is CN(CC(=O)Nc1ccccc1SCC(N)=O)Cc1ccc(OC(F)F)cc1. The number of halogens is 2. The molecule has 0 aromatic heterocycles. The quantitative estimate of drug-likeness (QED) is 0.590. The number of ether oxygens (including phenoxy) is 1. The highest BCUT2D eigenvalue weighted by Gasteiger charge is 2.11. The third-order valence-corrected chi connectivity index (χ3v) is 4.64. The van der Waals surface area contributed by atoms with Crippen LogP contribution in [0.3, 0.4) is 0 Å². The fourth-order valence-electron chi connectivity index (χ4n) is 2.42. The number of rotatable bonds is 10. The summed E-state index contributed by atoms with van der Waals surface area (Å²) in [5, 5.41) is 2.82. The van der Waals surface area contributed by atoms with Crippen molar-refractivity contribution in [2.24, 2.45) is 5.73 Å². The predicted molar refractivity (Wildman–Crippen MR) is 104 cm³/mol. The number of alkyl halides is 2. The second kappa shape index (κ2) is 10.6. The Hall–Kier alpha value is -2.65. The van der Waals surface area contributed by atoms with Gasteiger partial charge in [-0.3, -0.25) is 14.5 Å². The number of benzene rings is 2. The number of primary amides is 1. The first-order valence-electron chi connectivity index (χ1n) is 8.36. The maximum atomic E-state index is 12.3. The number of nitrogens with one attached hydrogen (secondary N) is 1. The maximum Gasteiger partial charge on any atom is 0.387 e. The van der Waals surface area contributed by atoms with E-state index in [0.29, 0.717) is 12.2 Å². The van der Waals surface area contributed by atoms with Gasteiger partial charge in [-0.15, -0.1) is 11.8 Å². The fraction of sp³-hybridized carbons (Fsp3) is 0.263. The molecule has 2 aromatic rings. The number of likely N-dealkylation sites (N-methyl/N-ethyl adjacent to an activating group) is 1. The van der Waals surface area contributed by atoms with Gasteiger partial charge in [0.15, 0.2) is 0 Å². The van der Waals surface area contributed by atoms with E-state index in [2.05, 4.69) is 10.1 Å². The molecule has 0 aliphatic heterocycles. The average molecular weight is 409 g/mol. The molecule has 0 spiro atoms. The van der Waals surface area contributed by atoms with Crippen molar-refractivity contribution in [1.29, 1.82) is 0 Å². The van der Waals surface area contributed by atoms with Gasteiger partial charge in [0, 0.05) is 11.4 Å². The van der Waals surface area contributed by atoms with Crippen LogP contribution in [-0.2, 0) is 16.1 Å². The van der Waals surface area contributed by atoms with Crippen LogP contribution >= 0.6 is 11.8 Å². The van der Waals surface area contributed by atoms with Crippen LogP contribution in [0.1, 0.15) is 5.56 Å². The van der Waals surface area contributed by atoms with E-state index in [9.17, 15) is 18.4 Å². The first-order valence-corrected chi connectivity index (χ1v) is 9.34. The number of nitrogens with zero attached hydrogens (tertiary/aromatic N) is 1. The standard InChI is InChI=1S/C19H21F2N3O3S/c1-24(10-13-6-8-14(9-7-13)27-19(20)21)11-18(26)23-15-4-2-3-5-16(15)28-12-17(22)25/h2-9,19H,10-12H2,1H3,(H2,22,25)(H,23,26). The molecule has 0 aliphatic rings. The van der Waals surface area contributed by atoms with Crippen molar-refractivity contribution in [2.45, 2.75) is 18.1 Å². The molecule has 2 aromatic carbocycles. The normalized spacial score (nSPS) is 10.9. The van der Waals surface area contributed by atoms with Crippen molar-refractivity contribution < 1.29 is 23.1 Å². The van der Waals surface area contributed by atoms with Crippen LogP contribution in [0.5, 0.6) is 5.75 Å². The minimum absolute atomic E-state index is 0.0872. The number of thioether (sulfide) groups is 1. The number of amides is 2. The van der Waals surface area contributed by atoms with Gasteiger partial charge >= 0.3 is 6.61 Å². The number of hydrogen-bond donors (Lipinski definition) is 2. The van der Waals surface area contributed by atoms with Crippen LogP contribution in [-0.4, -0.2) is 42.7 Å². The van der Waals surface area contributed by atoms with Crippen LogP contribution in [0.2, 0.25) is 0 Å². The van der Waals surface area contributed by atoms with Crippen molar-refractivity contribution in [3.05, 3.63) is 54.1 Å². The number of carbonyl (C=O) groups is 2. The summed E-state index contributed by atoms with van der Waals surface area (Å²) in [6.07, 6.45) is 0. The van der Waals surface area contributed by atoms with Crippen LogP contribution in [0.4, 0.5) is 14.5 Å². The summed E-state index contributed by atoms with van der Waals surface area (Å²) in [6, 6.07) is 13.4. The topological polar surface area (TPSA) is 84.7 Å². The Morgan fingerprint density at radius 1 is 1.18 bits per heavy atom. The molecule has 2 amide bonds. The van der Waals surface area contributed by atoms with Crippen LogP contribution in [0.15, 0.2) is 53.4 Å². The van der Waals surface area contributed by atoms with E-state index < -0.39 is 12.5 Å². The Labute approximate surface area is 166 Å². The molecule has 0 fully saturated rings. The molecule has 150 valence electrons. The van der Waals surface area contributed by atoms with Crippen molar-refractivity contribution in [2.75, 3.05) is 24.7 Å². The smallest absolute Gasteiger partial charge is 0.387 e. The second-order valence-electron chi connectivity index (χ2n) is 5.99. The molecule has 0 atom stereocenters. The van der Waals surface area contributed by atoms with E-state index in [1.165, 1.54) is 23.9 Å². The lowest BCUT2D eigenvalue weighted by molar-refractivity contribution is -0.117. The number of anilines is 1. The zero-order chi connectivity index (χ0) is 20.5. The van der Waals surface area contributed by atoms with Crippen molar-refractivity contribution in [3.63, 3.8) is 0 Å². The van der Waals surface area contributed by atoms with Gasteiger partial charge < -0.3 is 15.8 Å². The Balaban J connectivity index is 1.88. The predicted octanol–water partition coefficient (Wildman–Crippen LogP) is 2.94. The molecular formula is C19H21F2N3O3S. The molecule has 28 heavy (non-hydrogen) atoms. The van der Waals surface area contributed by atoms with E-state index in [0.717, 1.165) is 10.5 Å². The highest BCUT2D eigenvalue weighted by molar-refractivity contribution is 8.00. The molecule has 0 radical (unpaired) electrons. The molecule has 9 heteroatoms. The summed E-state index contributed by atoms with van der Waals surface area (Å²) < 4.78 is 28.6.